The maximum atomic E-state index is 9.85. The lowest BCUT2D eigenvalue weighted by atomic mass is 10.3. The average Bonchev–Trinajstić information content (AvgIpc) is 2.43. The molecule has 2 N–H and O–H groups in total. The normalized spacial score (nSPS) is 15.1. The average molecular weight is 289 g/mol. The molecular formula is C15H31NO4. The molecule has 0 aliphatic rings. The molecule has 0 bridgehead atoms. The lowest BCUT2D eigenvalue weighted by Gasteiger charge is -2.23. The molecule has 0 aliphatic heterocycles. The van der Waals surface area contributed by atoms with Crippen molar-refractivity contribution < 1.29 is 19.7 Å². The third-order valence-corrected chi connectivity index (χ3v) is 2.84. The Morgan fingerprint density at radius 2 is 1.70 bits per heavy atom. The van der Waals surface area contributed by atoms with Crippen molar-refractivity contribution in [3.05, 3.63) is 12.2 Å². The van der Waals surface area contributed by atoms with Gasteiger partial charge < -0.3 is 24.6 Å². The first-order valence-electron chi connectivity index (χ1n) is 7.49. The van der Waals surface area contributed by atoms with Crippen molar-refractivity contribution in [2.45, 2.75) is 39.4 Å². The van der Waals surface area contributed by atoms with Crippen LogP contribution in [0.4, 0.5) is 0 Å². The fraction of sp³-hybridized carbons (Fsp3) is 0.867. The van der Waals surface area contributed by atoms with Crippen molar-refractivity contribution in [2.24, 2.45) is 0 Å². The van der Waals surface area contributed by atoms with Gasteiger partial charge in [-0.15, -0.1) is 0 Å². The lowest BCUT2D eigenvalue weighted by molar-refractivity contribution is -0.0407. The van der Waals surface area contributed by atoms with Crippen LogP contribution in [0.1, 0.15) is 27.2 Å². The first kappa shape index (κ1) is 19.5. The van der Waals surface area contributed by atoms with Gasteiger partial charge in [-0.25, -0.2) is 0 Å². The van der Waals surface area contributed by atoms with Crippen LogP contribution in [0.2, 0.25) is 0 Å². The van der Waals surface area contributed by atoms with Crippen molar-refractivity contribution in [3.63, 3.8) is 0 Å². The van der Waals surface area contributed by atoms with E-state index in [1.165, 1.54) is 0 Å². The molecule has 0 radical (unpaired) electrons. The van der Waals surface area contributed by atoms with Crippen LogP contribution >= 0.6 is 0 Å². The second kappa shape index (κ2) is 13.5. The minimum Gasteiger partial charge on any atom is -0.389 e. The van der Waals surface area contributed by atoms with E-state index in [1.807, 2.05) is 19.1 Å². The van der Waals surface area contributed by atoms with Crippen molar-refractivity contribution in [1.82, 2.24) is 4.90 Å². The molecule has 5 heteroatoms. The smallest absolute Gasteiger partial charge is 0.101 e. The molecule has 5 nitrogen and oxygen atoms in total. The van der Waals surface area contributed by atoms with Crippen molar-refractivity contribution in [1.29, 1.82) is 0 Å². The molecule has 0 fully saturated rings. The number of hydrogen-bond acceptors (Lipinski definition) is 5. The number of ether oxygens (including phenoxy) is 2. The second-order valence-electron chi connectivity index (χ2n) is 4.84. The number of aliphatic hydroxyl groups excluding tert-OH is 2. The van der Waals surface area contributed by atoms with E-state index >= 15 is 0 Å². The zero-order valence-electron chi connectivity index (χ0n) is 13.1. The fourth-order valence-corrected chi connectivity index (χ4v) is 1.80. The topological polar surface area (TPSA) is 62.2 Å². The molecule has 0 saturated carbocycles. The Morgan fingerprint density at radius 1 is 1.05 bits per heavy atom. The van der Waals surface area contributed by atoms with Crippen molar-refractivity contribution >= 4 is 0 Å². The Morgan fingerprint density at radius 3 is 2.30 bits per heavy atom. The Labute approximate surface area is 123 Å². The number of nitrogens with zero attached hydrogens (tertiary/aromatic N) is 1. The molecule has 120 valence electrons. The maximum Gasteiger partial charge on any atom is 0.101 e. The Bertz CT molecular complexity index is 236. The summed E-state index contributed by atoms with van der Waals surface area (Å²) in [7, 11) is 0. The molecule has 20 heavy (non-hydrogen) atoms. The molecule has 2 unspecified atom stereocenters. The van der Waals surface area contributed by atoms with Gasteiger partial charge in [-0.05, 0) is 26.4 Å². The lowest BCUT2D eigenvalue weighted by Crippen LogP contribution is -2.36. The van der Waals surface area contributed by atoms with Gasteiger partial charge in [0, 0.05) is 6.54 Å². The van der Waals surface area contributed by atoms with Gasteiger partial charge in [0.25, 0.3) is 0 Å². The Hall–Kier alpha value is -0.460. The third-order valence-electron chi connectivity index (χ3n) is 2.84. The summed E-state index contributed by atoms with van der Waals surface area (Å²) in [4.78, 5) is 2.19. The zero-order chi connectivity index (χ0) is 15.2. The summed E-state index contributed by atoms with van der Waals surface area (Å²) in [5.74, 6) is 0. The van der Waals surface area contributed by atoms with E-state index in [1.54, 1.807) is 0 Å². The summed E-state index contributed by atoms with van der Waals surface area (Å²) in [6.07, 6.45) is 3.69. The predicted molar refractivity (Wildman–Crippen MR) is 80.9 cm³/mol. The summed E-state index contributed by atoms with van der Waals surface area (Å²) in [6, 6.07) is 0. The highest BCUT2D eigenvalue weighted by atomic mass is 16.5. The van der Waals surface area contributed by atoms with Gasteiger partial charge in [0.05, 0.1) is 32.5 Å². The van der Waals surface area contributed by atoms with E-state index < -0.39 is 12.2 Å². The molecule has 0 aromatic carbocycles. The van der Waals surface area contributed by atoms with Crippen LogP contribution in [-0.2, 0) is 9.47 Å². The molecule has 0 saturated heterocycles. The Kier molecular flexibility index (Phi) is 13.2. The minimum absolute atomic E-state index is 0.187. The highest BCUT2D eigenvalue weighted by molar-refractivity contribution is 4.76. The molecule has 0 heterocycles. The van der Waals surface area contributed by atoms with Crippen LogP contribution in [0.5, 0.6) is 0 Å². The van der Waals surface area contributed by atoms with Gasteiger partial charge >= 0.3 is 0 Å². The van der Waals surface area contributed by atoms with E-state index in [2.05, 4.69) is 18.7 Å². The van der Waals surface area contributed by atoms with Gasteiger partial charge in [0.15, 0.2) is 0 Å². The molecule has 0 amide bonds. The molecular weight excluding hydrogens is 258 g/mol. The van der Waals surface area contributed by atoms with Crippen LogP contribution in [0.3, 0.4) is 0 Å². The molecule has 0 aliphatic carbocycles. The number of likely N-dealkylation sites (N-methyl/N-ethyl adjacent to an activating group) is 1. The number of hydrogen-bond donors (Lipinski definition) is 2. The molecule has 0 aromatic rings. The minimum atomic E-state index is -0.648. The van der Waals surface area contributed by atoms with Crippen LogP contribution in [0.15, 0.2) is 12.2 Å². The van der Waals surface area contributed by atoms with E-state index in [0.29, 0.717) is 13.2 Å². The highest BCUT2D eigenvalue weighted by Crippen LogP contribution is 1.97. The maximum absolute atomic E-state index is 9.85. The van der Waals surface area contributed by atoms with Crippen LogP contribution in [-0.4, -0.2) is 73.4 Å². The second-order valence-corrected chi connectivity index (χ2v) is 4.84. The first-order chi connectivity index (χ1) is 9.63. The largest absolute Gasteiger partial charge is 0.389 e. The van der Waals surface area contributed by atoms with Crippen LogP contribution < -0.4 is 0 Å². The van der Waals surface area contributed by atoms with Crippen LogP contribution in [0.25, 0.3) is 0 Å². The monoisotopic (exact) mass is 289 g/mol. The predicted octanol–water partition coefficient (Wildman–Crippen LogP) is 1.05. The first-order valence-corrected chi connectivity index (χ1v) is 7.49. The highest BCUT2D eigenvalue weighted by Gasteiger charge is 2.11. The Balaban J connectivity index is 3.60. The number of allylic oxidation sites excluding steroid dienone is 1. The summed E-state index contributed by atoms with van der Waals surface area (Å²) < 4.78 is 10.5. The zero-order valence-corrected chi connectivity index (χ0v) is 13.1. The summed E-state index contributed by atoms with van der Waals surface area (Å²) in [5.41, 5.74) is 0. The van der Waals surface area contributed by atoms with Gasteiger partial charge in [0.2, 0.25) is 0 Å². The summed E-state index contributed by atoms with van der Waals surface area (Å²) >= 11 is 0. The SMILES string of the molecule is C/C=C\COCC(O)COCC(O)CN(CC)CCC. The van der Waals surface area contributed by atoms with Gasteiger partial charge in [0.1, 0.15) is 6.10 Å². The van der Waals surface area contributed by atoms with Gasteiger partial charge in [-0.2, -0.15) is 0 Å². The summed E-state index contributed by atoms with van der Waals surface area (Å²) in [5, 5.41) is 19.5. The standard InChI is InChI=1S/C15H31NO4/c1-4-7-9-19-12-15(18)13-20-11-14(17)10-16(6-3)8-5-2/h4,7,14-15,17-18H,5-6,8-13H2,1-3H3/b7-4-. The van der Waals surface area contributed by atoms with E-state index in [9.17, 15) is 10.2 Å². The number of aliphatic hydroxyl groups is 2. The van der Waals surface area contributed by atoms with Gasteiger partial charge in [-0.1, -0.05) is 26.0 Å². The fourth-order valence-electron chi connectivity index (χ4n) is 1.80. The molecule has 0 rings (SSSR count). The summed E-state index contributed by atoms with van der Waals surface area (Å²) in [6.45, 7) is 9.81. The molecule has 0 aromatic heterocycles. The van der Waals surface area contributed by atoms with Crippen molar-refractivity contribution in [2.75, 3.05) is 46.1 Å². The number of rotatable bonds is 13. The van der Waals surface area contributed by atoms with E-state index in [-0.39, 0.29) is 19.8 Å². The molecule has 0 spiro atoms. The third kappa shape index (κ3) is 11.4. The van der Waals surface area contributed by atoms with E-state index in [0.717, 1.165) is 19.5 Å². The van der Waals surface area contributed by atoms with Crippen molar-refractivity contribution in [3.8, 4) is 0 Å². The quantitative estimate of drug-likeness (QED) is 0.392. The van der Waals surface area contributed by atoms with Gasteiger partial charge in [-0.3, -0.25) is 0 Å². The molecule has 2 atom stereocenters. The van der Waals surface area contributed by atoms with E-state index in [4.69, 9.17) is 9.47 Å². The van der Waals surface area contributed by atoms with Crippen LogP contribution in [0, 0.1) is 0 Å².